The van der Waals surface area contributed by atoms with Gasteiger partial charge in [-0.25, -0.2) is 8.42 Å². The minimum Gasteiger partial charge on any atom is -0.379 e. The lowest BCUT2D eigenvalue weighted by Gasteiger charge is -2.26. The van der Waals surface area contributed by atoms with E-state index in [1.807, 2.05) is 0 Å². The molecular formula is C19H29N3O4S. The Kier molecular flexibility index (Phi) is 6.86. The highest BCUT2D eigenvalue weighted by molar-refractivity contribution is 7.89. The highest BCUT2D eigenvalue weighted by Crippen LogP contribution is 2.18. The Morgan fingerprint density at radius 3 is 2.33 bits per heavy atom. The standard InChI is InChI=1S/C19H29N3O4S/c1-2-17(21-9-3-4-10-21)15-20-19(23)16-5-7-18(8-6-16)27(24,25)22-11-13-26-14-12-22/h5-8,17H,2-4,9-15H2,1H3,(H,20,23). The van der Waals surface area contributed by atoms with Crippen LogP contribution < -0.4 is 5.32 Å². The molecule has 1 amide bonds. The molecule has 1 atom stereocenters. The first-order valence-corrected chi connectivity index (χ1v) is 11.2. The van der Waals surface area contributed by atoms with Crippen LogP contribution in [0.5, 0.6) is 0 Å². The lowest BCUT2D eigenvalue weighted by molar-refractivity contribution is 0.0730. The van der Waals surface area contributed by atoms with Crippen LogP contribution in [0.1, 0.15) is 36.5 Å². The van der Waals surface area contributed by atoms with E-state index in [2.05, 4.69) is 17.1 Å². The highest BCUT2D eigenvalue weighted by atomic mass is 32.2. The molecule has 2 fully saturated rings. The first kappa shape index (κ1) is 20.3. The summed E-state index contributed by atoms with van der Waals surface area (Å²) in [5.74, 6) is -0.164. The van der Waals surface area contributed by atoms with Crippen molar-refractivity contribution in [3.63, 3.8) is 0 Å². The molecule has 2 saturated heterocycles. The Balaban J connectivity index is 1.59. The molecule has 150 valence electrons. The van der Waals surface area contributed by atoms with Gasteiger partial charge in [0.15, 0.2) is 0 Å². The van der Waals surface area contributed by atoms with Gasteiger partial charge < -0.3 is 10.1 Å². The van der Waals surface area contributed by atoms with Gasteiger partial charge in [-0.05, 0) is 56.6 Å². The summed E-state index contributed by atoms with van der Waals surface area (Å²) in [6.45, 7) is 6.50. The van der Waals surface area contributed by atoms with Crippen molar-refractivity contribution in [2.75, 3.05) is 45.9 Å². The highest BCUT2D eigenvalue weighted by Gasteiger charge is 2.26. The summed E-state index contributed by atoms with van der Waals surface area (Å²) in [5, 5.41) is 2.99. The molecule has 0 bridgehead atoms. The van der Waals surface area contributed by atoms with Crippen LogP contribution in [0.2, 0.25) is 0 Å². The summed E-state index contributed by atoms with van der Waals surface area (Å²) in [6.07, 6.45) is 3.45. The van der Waals surface area contributed by atoms with E-state index in [1.165, 1.54) is 29.3 Å². The van der Waals surface area contributed by atoms with E-state index >= 15 is 0 Å². The predicted molar refractivity (Wildman–Crippen MR) is 103 cm³/mol. The maximum atomic E-state index is 12.6. The quantitative estimate of drug-likeness (QED) is 0.753. The van der Waals surface area contributed by atoms with Crippen LogP contribution >= 0.6 is 0 Å². The zero-order valence-corrected chi connectivity index (χ0v) is 16.7. The Labute approximate surface area is 161 Å². The lowest BCUT2D eigenvalue weighted by Crippen LogP contribution is -2.42. The molecule has 1 unspecified atom stereocenters. The molecule has 27 heavy (non-hydrogen) atoms. The van der Waals surface area contributed by atoms with Crippen LogP contribution in [0, 0.1) is 0 Å². The number of hydrogen-bond donors (Lipinski definition) is 1. The molecule has 2 heterocycles. The molecule has 1 N–H and O–H groups in total. The third-order valence-corrected chi connectivity index (χ3v) is 7.26. The molecule has 0 aromatic heterocycles. The van der Waals surface area contributed by atoms with Crippen LogP contribution in [0.25, 0.3) is 0 Å². The smallest absolute Gasteiger partial charge is 0.251 e. The second kappa shape index (κ2) is 9.14. The molecule has 8 heteroatoms. The molecule has 7 nitrogen and oxygen atoms in total. The molecule has 1 aromatic rings. The Hall–Kier alpha value is -1.48. The SMILES string of the molecule is CCC(CNC(=O)c1ccc(S(=O)(=O)N2CCOCC2)cc1)N1CCCC1. The summed E-state index contributed by atoms with van der Waals surface area (Å²) >= 11 is 0. The summed E-state index contributed by atoms with van der Waals surface area (Å²) in [5.41, 5.74) is 0.479. The van der Waals surface area contributed by atoms with Crippen molar-refractivity contribution >= 4 is 15.9 Å². The van der Waals surface area contributed by atoms with Gasteiger partial charge in [-0.1, -0.05) is 6.92 Å². The van der Waals surface area contributed by atoms with Crippen LogP contribution in [-0.2, 0) is 14.8 Å². The number of sulfonamides is 1. The van der Waals surface area contributed by atoms with Gasteiger partial charge in [0, 0.05) is 31.2 Å². The molecule has 0 saturated carbocycles. The first-order chi connectivity index (χ1) is 13.0. The predicted octanol–water partition coefficient (Wildman–Crippen LogP) is 1.31. The van der Waals surface area contributed by atoms with Crippen molar-refractivity contribution in [2.45, 2.75) is 37.1 Å². The van der Waals surface area contributed by atoms with Gasteiger partial charge in [0.05, 0.1) is 18.1 Å². The van der Waals surface area contributed by atoms with Crippen molar-refractivity contribution < 1.29 is 17.9 Å². The Morgan fingerprint density at radius 2 is 1.74 bits per heavy atom. The maximum absolute atomic E-state index is 12.6. The van der Waals surface area contributed by atoms with Crippen molar-refractivity contribution in [2.24, 2.45) is 0 Å². The van der Waals surface area contributed by atoms with Gasteiger partial charge in [0.25, 0.3) is 5.91 Å². The molecule has 0 spiro atoms. The Morgan fingerprint density at radius 1 is 1.11 bits per heavy atom. The van der Waals surface area contributed by atoms with Crippen molar-refractivity contribution in [3.05, 3.63) is 29.8 Å². The number of carbonyl (C=O) groups is 1. The first-order valence-electron chi connectivity index (χ1n) is 9.72. The molecule has 1 aromatic carbocycles. The fraction of sp³-hybridized carbons (Fsp3) is 0.632. The third kappa shape index (κ3) is 4.87. The van der Waals surface area contributed by atoms with E-state index in [0.717, 1.165) is 19.5 Å². The Bertz CT molecular complexity index is 724. The van der Waals surface area contributed by atoms with Gasteiger partial charge in [0.1, 0.15) is 0 Å². The van der Waals surface area contributed by atoms with E-state index in [0.29, 0.717) is 44.5 Å². The molecular weight excluding hydrogens is 366 g/mol. The third-order valence-electron chi connectivity index (χ3n) is 5.35. The summed E-state index contributed by atoms with van der Waals surface area (Å²) in [7, 11) is -3.53. The normalized spacial score (nSPS) is 20.5. The van der Waals surface area contributed by atoms with Gasteiger partial charge in [0.2, 0.25) is 10.0 Å². The number of carbonyl (C=O) groups excluding carboxylic acids is 1. The fourth-order valence-corrected chi connectivity index (χ4v) is 5.07. The average Bonchev–Trinajstić information content (AvgIpc) is 3.24. The summed E-state index contributed by atoms with van der Waals surface area (Å²) < 4.78 is 31.9. The van der Waals surface area contributed by atoms with Gasteiger partial charge >= 0.3 is 0 Å². The minimum absolute atomic E-state index is 0.164. The number of morpholine rings is 1. The maximum Gasteiger partial charge on any atom is 0.251 e. The van der Waals surface area contributed by atoms with Gasteiger partial charge in [-0.3, -0.25) is 9.69 Å². The minimum atomic E-state index is -3.53. The van der Waals surface area contributed by atoms with Crippen LogP contribution in [0.3, 0.4) is 0 Å². The number of hydrogen-bond acceptors (Lipinski definition) is 5. The van der Waals surface area contributed by atoms with Crippen molar-refractivity contribution in [3.8, 4) is 0 Å². The molecule has 0 aliphatic carbocycles. The van der Waals surface area contributed by atoms with Crippen molar-refractivity contribution in [1.82, 2.24) is 14.5 Å². The average molecular weight is 396 g/mol. The summed E-state index contributed by atoms with van der Waals surface area (Å²) in [4.78, 5) is 15.1. The zero-order chi connectivity index (χ0) is 19.3. The molecule has 2 aliphatic heterocycles. The monoisotopic (exact) mass is 395 g/mol. The number of nitrogens with one attached hydrogen (secondary N) is 1. The largest absolute Gasteiger partial charge is 0.379 e. The fourth-order valence-electron chi connectivity index (χ4n) is 3.67. The van der Waals surface area contributed by atoms with Crippen molar-refractivity contribution in [1.29, 1.82) is 0 Å². The van der Waals surface area contributed by atoms with E-state index < -0.39 is 10.0 Å². The number of ether oxygens (including phenoxy) is 1. The number of benzene rings is 1. The van der Waals surface area contributed by atoms with Crippen LogP contribution in [-0.4, -0.2) is 75.5 Å². The van der Waals surface area contributed by atoms with Gasteiger partial charge in [-0.2, -0.15) is 4.31 Å². The van der Waals surface area contributed by atoms with Crippen LogP contribution in [0.15, 0.2) is 29.2 Å². The van der Waals surface area contributed by atoms with E-state index in [-0.39, 0.29) is 10.8 Å². The van der Waals surface area contributed by atoms with Crippen LogP contribution in [0.4, 0.5) is 0 Å². The lowest BCUT2D eigenvalue weighted by atomic mass is 10.1. The molecule has 3 rings (SSSR count). The second-order valence-electron chi connectivity index (χ2n) is 7.06. The van der Waals surface area contributed by atoms with Gasteiger partial charge in [-0.15, -0.1) is 0 Å². The molecule has 0 radical (unpaired) electrons. The summed E-state index contributed by atoms with van der Waals surface area (Å²) in [6, 6.07) is 6.55. The van der Waals surface area contributed by atoms with E-state index in [4.69, 9.17) is 4.74 Å². The topological polar surface area (TPSA) is 79.0 Å². The molecule has 2 aliphatic rings. The number of nitrogens with zero attached hydrogens (tertiary/aromatic N) is 2. The van der Waals surface area contributed by atoms with E-state index in [9.17, 15) is 13.2 Å². The number of rotatable bonds is 7. The zero-order valence-electron chi connectivity index (χ0n) is 15.9. The second-order valence-corrected chi connectivity index (χ2v) is 8.99. The van der Waals surface area contributed by atoms with E-state index in [1.54, 1.807) is 12.1 Å². The number of likely N-dealkylation sites (tertiary alicyclic amines) is 1. The number of amides is 1.